The molecule has 1 unspecified atom stereocenters. The zero-order valence-corrected chi connectivity index (χ0v) is 9.24. The highest BCUT2D eigenvalue weighted by atomic mass is 16.5. The van der Waals surface area contributed by atoms with Crippen LogP contribution in [0.1, 0.15) is 17.4 Å². The first-order valence-electron chi connectivity index (χ1n) is 4.97. The van der Waals surface area contributed by atoms with Crippen LogP contribution in [0.4, 0.5) is 5.69 Å². The average molecular weight is 232 g/mol. The third kappa shape index (κ3) is 2.31. The molecule has 0 aliphatic rings. The van der Waals surface area contributed by atoms with Gasteiger partial charge in [0, 0.05) is 29.7 Å². The molecule has 6 nitrogen and oxygen atoms in total. The highest BCUT2D eigenvalue weighted by molar-refractivity contribution is 5.47. The number of hydrogen-bond donors (Lipinski definition) is 2. The Balaban J connectivity index is 2.30. The quantitative estimate of drug-likeness (QED) is 0.802. The Labute approximate surface area is 98.1 Å². The maximum Gasteiger partial charge on any atom is 0.233 e. The molecule has 0 saturated carbocycles. The van der Waals surface area contributed by atoms with Gasteiger partial charge in [-0.2, -0.15) is 0 Å². The van der Waals surface area contributed by atoms with E-state index >= 15 is 0 Å². The van der Waals surface area contributed by atoms with Crippen molar-refractivity contribution in [3.05, 3.63) is 41.9 Å². The van der Waals surface area contributed by atoms with Crippen LogP contribution in [-0.2, 0) is 0 Å². The van der Waals surface area contributed by atoms with Crippen molar-refractivity contribution in [1.82, 2.24) is 15.2 Å². The van der Waals surface area contributed by atoms with Crippen LogP contribution < -0.4 is 10.5 Å². The Morgan fingerprint density at radius 2 is 2.12 bits per heavy atom. The number of anilines is 1. The minimum absolute atomic E-state index is 0.389. The fourth-order valence-electron chi connectivity index (χ4n) is 1.39. The molecule has 17 heavy (non-hydrogen) atoms. The maximum atomic E-state index is 10.1. The molecule has 0 amide bonds. The van der Waals surface area contributed by atoms with Gasteiger partial charge in [-0.3, -0.25) is 4.98 Å². The number of methoxy groups -OCH3 is 1. The first-order valence-corrected chi connectivity index (χ1v) is 4.97. The molecule has 2 aromatic heterocycles. The number of rotatable bonds is 3. The van der Waals surface area contributed by atoms with Gasteiger partial charge in [0.2, 0.25) is 5.88 Å². The van der Waals surface area contributed by atoms with Crippen LogP contribution in [0.3, 0.4) is 0 Å². The van der Waals surface area contributed by atoms with E-state index in [0.29, 0.717) is 22.8 Å². The Morgan fingerprint density at radius 1 is 1.29 bits per heavy atom. The minimum Gasteiger partial charge on any atom is -0.480 e. The lowest BCUT2D eigenvalue weighted by Gasteiger charge is -2.11. The third-order valence-electron chi connectivity index (χ3n) is 2.33. The lowest BCUT2D eigenvalue weighted by Crippen LogP contribution is -2.07. The number of ether oxygens (including phenoxy) is 1. The molecule has 0 radical (unpaired) electrons. The van der Waals surface area contributed by atoms with Crippen LogP contribution in [0, 0.1) is 0 Å². The standard InChI is InChI=1S/C11H12N4O2/c1-17-10-3-2-9(14-15-10)11(16)7-6-13-5-4-8(7)12/h2-6,11,16H,1H3,(H2,12,13). The van der Waals surface area contributed by atoms with Gasteiger partial charge in [0.05, 0.1) is 12.8 Å². The maximum absolute atomic E-state index is 10.1. The van der Waals surface area contributed by atoms with Crippen molar-refractivity contribution in [2.75, 3.05) is 12.8 Å². The summed E-state index contributed by atoms with van der Waals surface area (Å²) in [5.74, 6) is 0.389. The van der Waals surface area contributed by atoms with Gasteiger partial charge < -0.3 is 15.6 Å². The SMILES string of the molecule is COc1ccc(C(O)c2cnccc2N)nn1. The molecule has 0 aliphatic carbocycles. The van der Waals surface area contributed by atoms with Crippen LogP contribution in [0.2, 0.25) is 0 Å². The van der Waals surface area contributed by atoms with Crippen LogP contribution in [0.15, 0.2) is 30.6 Å². The van der Waals surface area contributed by atoms with E-state index in [4.69, 9.17) is 10.5 Å². The van der Waals surface area contributed by atoms with Crippen LogP contribution >= 0.6 is 0 Å². The summed E-state index contributed by atoms with van der Waals surface area (Å²) in [4.78, 5) is 3.91. The van der Waals surface area contributed by atoms with E-state index in [1.54, 1.807) is 24.4 Å². The van der Waals surface area contributed by atoms with Gasteiger partial charge in [0.25, 0.3) is 0 Å². The summed E-state index contributed by atoms with van der Waals surface area (Å²) in [7, 11) is 1.50. The Kier molecular flexibility index (Phi) is 3.15. The Hall–Kier alpha value is -2.21. The first-order chi connectivity index (χ1) is 8.22. The molecule has 2 heterocycles. The van der Waals surface area contributed by atoms with Gasteiger partial charge in [0.15, 0.2) is 0 Å². The van der Waals surface area contributed by atoms with Gasteiger partial charge in [-0.05, 0) is 12.1 Å². The number of aliphatic hydroxyl groups is 1. The summed E-state index contributed by atoms with van der Waals surface area (Å²) in [6.45, 7) is 0. The normalized spacial score (nSPS) is 12.1. The molecule has 0 bridgehead atoms. The first kappa shape index (κ1) is 11.3. The van der Waals surface area contributed by atoms with Crippen molar-refractivity contribution in [2.24, 2.45) is 0 Å². The summed E-state index contributed by atoms with van der Waals surface area (Å²) in [5, 5.41) is 17.7. The predicted molar refractivity (Wildman–Crippen MR) is 61.3 cm³/mol. The van der Waals surface area contributed by atoms with Crippen LogP contribution in [-0.4, -0.2) is 27.4 Å². The van der Waals surface area contributed by atoms with Gasteiger partial charge >= 0.3 is 0 Å². The molecule has 0 aromatic carbocycles. The summed E-state index contributed by atoms with van der Waals surface area (Å²) in [5.41, 5.74) is 7.11. The van der Waals surface area contributed by atoms with E-state index in [9.17, 15) is 5.11 Å². The van der Waals surface area contributed by atoms with E-state index in [0.717, 1.165) is 0 Å². The molecule has 1 atom stereocenters. The predicted octanol–water partition coefficient (Wildman–Crippen LogP) is 0.544. The molecule has 0 saturated heterocycles. The molecular weight excluding hydrogens is 220 g/mol. The minimum atomic E-state index is -0.942. The summed E-state index contributed by atoms with van der Waals surface area (Å²) >= 11 is 0. The zero-order valence-electron chi connectivity index (χ0n) is 9.24. The number of aliphatic hydroxyl groups excluding tert-OH is 1. The van der Waals surface area contributed by atoms with Crippen molar-refractivity contribution in [2.45, 2.75) is 6.10 Å². The fraction of sp³-hybridized carbons (Fsp3) is 0.182. The molecule has 0 spiro atoms. The molecule has 88 valence electrons. The highest BCUT2D eigenvalue weighted by Crippen LogP contribution is 2.24. The summed E-state index contributed by atoms with van der Waals surface area (Å²) < 4.78 is 4.89. The topological polar surface area (TPSA) is 94.2 Å². The summed E-state index contributed by atoms with van der Waals surface area (Å²) in [6.07, 6.45) is 2.12. The Morgan fingerprint density at radius 3 is 2.71 bits per heavy atom. The lowest BCUT2D eigenvalue weighted by atomic mass is 10.1. The highest BCUT2D eigenvalue weighted by Gasteiger charge is 2.15. The van der Waals surface area contributed by atoms with E-state index in [-0.39, 0.29) is 0 Å². The third-order valence-corrected chi connectivity index (χ3v) is 2.33. The van der Waals surface area contributed by atoms with Crippen molar-refractivity contribution in [3.63, 3.8) is 0 Å². The lowest BCUT2D eigenvalue weighted by molar-refractivity contribution is 0.213. The number of pyridine rings is 1. The van der Waals surface area contributed by atoms with Crippen molar-refractivity contribution in [3.8, 4) is 5.88 Å². The second kappa shape index (κ2) is 4.75. The molecule has 2 aromatic rings. The average Bonchev–Trinajstić information content (AvgIpc) is 2.39. The second-order valence-corrected chi connectivity index (χ2v) is 3.41. The van der Waals surface area contributed by atoms with E-state index in [1.165, 1.54) is 13.3 Å². The number of nitrogen functional groups attached to an aromatic ring is 1. The number of nitrogens with two attached hydrogens (primary N) is 1. The smallest absolute Gasteiger partial charge is 0.233 e. The monoisotopic (exact) mass is 232 g/mol. The Bertz CT molecular complexity index is 501. The number of nitrogens with zero attached hydrogens (tertiary/aromatic N) is 3. The molecule has 6 heteroatoms. The van der Waals surface area contributed by atoms with E-state index < -0.39 is 6.10 Å². The molecule has 0 aliphatic heterocycles. The van der Waals surface area contributed by atoms with Crippen molar-refractivity contribution >= 4 is 5.69 Å². The van der Waals surface area contributed by atoms with E-state index in [1.807, 2.05) is 0 Å². The number of aromatic nitrogens is 3. The van der Waals surface area contributed by atoms with Crippen molar-refractivity contribution in [1.29, 1.82) is 0 Å². The van der Waals surface area contributed by atoms with Gasteiger partial charge in [0.1, 0.15) is 6.10 Å². The van der Waals surface area contributed by atoms with Crippen LogP contribution in [0.5, 0.6) is 5.88 Å². The zero-order chi connectivity index (χ0) is 12.3. The van der Waals surface area contributed by atoms with Gasteiger partial charge in [-0.1, -0.05) is 0 Å². The fourth-order valence-corrected chi connectivity index (χ4v) is 1.39. The second-order valence-electron chi connectivity index (χ2n) is 3.41. The molecule has 3 N–H and O–H groups in total. The van der Waals surface area contributed by atoms with Crippen molar-refractivity contribution < 1.29 is 9.84 Å². The van der Waals surface area contributed by atoms with Gasteiger partial charge in [-0.15, -0.1) is 10.2 Å². The molecular formula is C11H12N4O2. The molecule has 2 rings (SSSR count). The van der Waals surface area contributed by atoms with Gasteiger partial charge in [-0.25, -0.2) is 0 Å². The summed E-state index contributed by atoms with van der Waals surface area (Å²) in [6, 6.07) is 4.87. The van der Waals surface area contributed by atoms with Crippen LogP contribution in [0.25, 0.3) is 0 Å². The van der Waals surface area contributed by atoms with E-state index in [2.05, 4.69) is 15.2 Å². The molecule has 0 fully saturated rings. The largest absolute Gasteiger partial charge is 0.480 e. The number of hydrogen-bond acceptors (Lipinski definition) is 6.